The number of terminal acetylenes is 1. The van der Waals surface area contributed by atoms with E-state index in [9.17, 15) is 0 Å². The van der Waals surface area contributed by atoms with Gasteiger partial charge in [0.2, 0.25) is 0 Å². The first-order valence-electron chi connectivity index (χ1n) is 4.21. The second kappa shape index (κ2) is 5.43. The van der Waals surface area contributed by atoms with Gasteiger partial charge in [0.15, 0.2) is 0 Å². The van der Waals surface area contributed by atoms with E-state index in [4.69, 9.17) is 6.42 Å². The maximum atomic E-state index is 5.43. The summed E-state index contributed by atoms with van der Waals surface area (Å²) in [6, 6.07) is 2.13. The van der Waals surface area contributed by atoms with E-state index in [2.05, 4.69) is 40.2 Å². The molecule has 0 spiro atoms. The van der Waals surface area contributed by atoms with Crippen LogP contribution in [0.1, 0.15) is 24.3 Å². The van der Waals surface area contributed by atoms with E-state index in [1.54, 1.807) is 11.3 Å². The first-order valence-corrected chi connectivity index (χ1v) is 5.88. The van der Waals surface area contributed by atoms with Gasteiger partial charge in [0, 0.05) is 14.7 Å². The zero-order chi connectivity index (χ0) is 9.68. The summed E-state index contributed by atoms with van der Waals surface area (Å²) in [4.78, 5) is 1.20. The van der Waals surface area contributed by atoms with Crippen molar-refractivity contribution in [1.29, 1.82) is 0 Å². The Hall–Kier alpha value is -0.300. The Kier molecular flexibility index (Phi) is 4.51. The SMILES string of the molecule is C#CC(NCCC)c1cc(Br)cs1. The lowest BCUT2D eigenvalue weighted by Crippen LogP contribution is -2.19. The quantitative estimate of drug-likeness (QED) is 0.818. The molecule has 0 aliphatic rings. The minimum atomic E-state index is 0.0660. The molecule has 0 saturated heterocycles. The standard InChI is InChI=1S/C10H12BrNS/c1-3-5-12-9(4-2)10-6-8(11)7-13-10/h2,6-7,9,12H,3,5H2,1H3. The molecule has 70 valence electrons. The minimum absolute atomic E-state index is 0.0660. The number of hydrogen-bond donors (Lipinski definition) is 1. The van der Waals surface area contributed by atoms with Gasteiger partial charge in [0.05, 0.1) is 0 Å². The fourth-order valence-corrected chi connectivity index (χ4v) is 2.49. The monoisotopic (exact) mass is 257 g/mol. The third-order valence-electron chi connectivity index (χ3n) is 1.64. The topological polar surface area (TPSA) is 12.0 Å². The fraction of sp³-hybridized carbons (Fsp3) is 0.400. The smallest absolute Gasteiger partial charge is 0.104 e. The second-order valence-corrected chi connectivity index (χ2v) is 4.58. The van der Waals surface area contributed by atoms with Crippen molar-refractivity contribution in [3.05, 3.63) is 20.8 Å². The predicted molar refractivity (Wildman–Crippen MR) is 61.9 cm³/mol. The Morgan fingerprint density at radius 2 is 2.54 bits per heavy atom. The zero-order valence-corrected chi connectivity index (χ0v) is 9.91. The van der Waals surface area contributed by atoms with Gasteiger partial charge >= 0.3 is 0 Å². The van der Waals surface area contributed by atoms with Gasteiger partial charge in [-0.05, 0) is 35.0 Å². The third kappa shape index (κ3) is 3.15. The maximum Gasteiger partial charge on any atom is 0.104 e. The van der Waals surface area contributed by atoms with E-state index in [1.807, 2.05) is 5.38 Å². The molecule has 0 amide bonds. The summed E-state index contributed by atoms with van der Waals surface area (Å²) in [6.45, 7) is 3.09. The van der Waals surface area contributed by atoms with E-state index in [1.165, 1.54) is 4.88 Å². The summed E-state index contributed by atoms with van der Waals surface area (Å²) in [5.74, 6) is 2.74. The van der Waals surface area contributed by atoms with Crippen molar-refractivity contribution in [2.75, 3.05) is 6.54 Å². The highest BCUT2D eigenvalue weighted by molar-refractivity contribution is 9.10. The highest BCUT2D eigenvalue weighted by Crippen LogP contribution is 2.25. The number of rotatable bonds is 4. The molecule has 1 aromatic rings. The maximum absolute atomic E-state index is 5.43. The van der Waals surface area contributed by atoms with E-state index < -0.39 is 0 Å². The Labute approximate surface area is 91.7 Å². The van der Waals surface area contributed by atoms with Crippen LogP contribution in [0.15, 0.2) is 15.9 Å². The van der Waals surface area contributed by atoms with E-state index >= 15 is 0 Å². The molecule has 1 unspecified atom stereocenters. The van der Waals surface area contributed by atoms with Crippen LogP contribution in [0.25, 0.3) is 0 Å². The summed E-state index contributed by atoms with van der Waals surface area (Å²) in [7, 11) is 0. The first kappa shape index (κ1) is 10.8. The van der Waals surface area contributed by atoms with Crippen molar-refractivity contribution < 1.29 is 0 Å². The molecule has 1 N–H and O–H groups in total. The highest BCUT2D eigenvalue weighted by atomic mass is 79.9. The Balaban J connectivity index is 2.63. The molecule has 1 nitrogen and oxygen atoms in total. The van der Waals surface area contributed by atoms with Crippen LogP contribution in [0.4, 0.5) is 0 Å². The van der Waals surface area contributed by atoms with Gasteiger partial charge in [-0.25, -0.2) is 0 Å². The number of halogens is 1. The summed E-state index contributed by atoms with van der Waals surface area (Å²) in [6.07, 6.45) is 6.54. The molecule has 1 rings (SSSR count). The zero-order valence-electron chi connectivity index (χ0n) is 7.51. The molecule has 0 aliphatic heterocycles. The Bertz CT molecular complexity index is 300. The van der Waals surface area contributed by atoms with Crippen LogP contribution in [-0.2, 0) is 0 Å². The van der Waals surface area contributed by atoms with Crippen LogP contribution in [0.5, 0.6) is 0 Å². The molecular formula is C10H12BrNS. The van der Waals surface area contributed by atoms with Crippen LogP contribution in [0, 0.1) is 12.3 Å². The summed E-state index contributed by atoms with van der Waals surface area (Å²) in [5, 5.41) is 5.35. The third-order valence-corrected chi connectivity index (χ3v) is 3.40. The average molecular weight is 258 g/mol. The van der Waals surface area contributed by atoms with Gasteiger partial charge in [-0.1, -0.05) is 12.8 Å². The summed E-state index contributed by atoms with van der Waals surface area (Å²) >= 11 is 5.09. The summed E-state index contributed by atoms with van der Waals surface area (Å²) < 4.78 is 1.10. The van der Waals surface area contributed by atoms with Crippen LogP contribution in [-0.4, -0.2) is 6.54 Å². The Morgan fingerprint density at radius 1 is 1.77 bits per heavy atom. The van der Waals surface area contributed by atoms with Crippen LogP contribution in [0.3, 0.4) is 0 Å². The number of hydrogen-bond acceptors (Lipinski definition) is 2. The fourth-order valence-electron chi connectivity index (χ4n) is 1.01. The lowest BCUT2D eigenvalue weighted by atomic mass is 10.2. The van der Waals surface area contributed by atoms with Crippen molar-refractivity contribution in [2.45, 2.75) is 19.4 Å². The van der Waals surface area contributed by atoms with Gasteiger partial charge in [0.25, 0.3) is 0 Å². The molecule has 3 heteroatoms. The largest absolute Gasteiger partial charge is 0.299 e. The summed E-state index contributed by atoms with van der Waals surface area (Å²) in [5.41, 5.74) is 0. The van der Waals surface area contributed by atoms with Gasteiger partial charge in [-0.2, -0.15) is 0 Å². The van der Waals surface area contributed by atoms with E-state index in [0.717, 1.165) is 17.4 Å². The normalized spacial score (nSPS) is 12.4. The van der Waals surface area contributed by atoms with E-state index in [0.29, 0.717) is 0 Å². The lowest BCUT2D eigenvalue weighted by Gasteiger charge is -2.09. The second-order valence-electron chi connectivity index (χ2n) is 2.72. The molecule has 0 radical (unpaired) electrons. The lowest BCUT2D eigenvalue weighted by molar-refractivity contribution is 0.633. The molecule has 1 heterocycles. The van der Waals surface area contributed by atoms with Gasteiger partial charge in [-0.3, -0.25) is 5.32 Å². The van der Waals surface area contributed by atoms with Crippen molar-refractivity contribution in [3.8, 4) is 12.3 Å². The molecule has 0 bridgehead atoms. The van der Waals surface area contributed by atoms with E-state index in [-0.39, 0.29) is 6.04 Å². The first-order chi connectivity index (χ1) is 6.27. The van der Waals surface area contributed by atoms with Crippen molar-refractivity contribution in [1.82, 2.24) is 5.32 Å². The molecule has 0 aliphatic carbocycles. The van der Waals surface area contributed by atoms with Crippen molar-refractivity contribution in [3.63, 3.8) is 0 Å². The Morgan fingerprint density at radius 3 is 3.00 bits per heavy atom. The van der Waals surface area contributed by atoms with Gasteiger partial charge in [0.1, 0.15) is 6.04 Å². The molecule has 1 atom stereocenters. The van der Waals surface area contributed by atoms with Crippen LogP contribution in [0.2, 0.25) is 0 Å². The number of nitrogens with one attached hydrogen (secondary N) is 1. The van der Waals surface area contributed by atoms with Gasteiger partial charge < -0.3 is 0 Å². The van der Waals surface area contributed by atoms with Crippen LogP contribution < -0.4 is 5.32 Å². The molecule has 13 heavy (non-hydrogen) atoms. The molecular weight excluding hydrogens is 246 g/mol. The molecule has 0 saturated carbocycles. The van der Waals surface area contributed by atoms with Gasteiger partial charge in [-0.15, -0.1) is 17.8 Å². The van der Waals surface area contributed by atoms with Crippen LogP contribution >= 0.6 is 27.3 Å². The number of thiophene rings is 1. The minimum Gasteiger partial charge on any atom is -0.299 e. The predicted octanol–water partition coefficient (Wildman–Crippen LogP) is 3.18. The average Bonchev–Trinajstić information content (AvgIpc) is 2.54. The molecule has 0 aromatic carbocycles. The molecule has 1 aromatic heterocycles. The van der Waals surface area contributed by atoms with Crippen molar-refractivity contribution in [2.24, 2.45) is 0 Å². The van der Waals surface area contributed by atoms with Crippen molar-refractivity contribution >= 4 is 27.3 Å². The molecule has 0 fully saturated rings. The highest BCUT2D eigenvalue weighted by Gasteiger charge is 2.08.